The van der Waals surface area contributed by atoms with Gasteiger partial charge in [-0.15, -0.1) is 0 Å². The number of allylic oxidation sites excluding steroid dienone is 8. The summed E-state index contributed by atoms with van der Waals surface area (Å²) in [6, 6.07) is 177. The molecule has 0 saturated carbocycles. The highest BCUT2D eigenvalue weighted by atomic mass is 31.1. The Kier molecular flexibility index (Phi) is 28.4. The van der Waals surface area contributed by atoms with Gasteiger partial charge in [-0.3, -0.25) is 19.9 Å². The highest BCUT2D eigenvalue weighted by molar-refractivity contribution is 7.80. The van der Waals surface area contributed by atoms with Crippen molar-refractivity contribution in [1.29, 1.82) is 0 Å². The minimum absolute atomic E-state index is 0.239. The van der Waals surface area contributed by atoms with Gasteiger partial charge in [0.15, 0.2) is 0 Å². The maximum Gasteiger partial charge on any atom is 0.135 e. The van der Waals surface area contributed by atoms with Gasteiger partial charge in [0, 0.05) is 46.2 Å². The average Bonchev–Trinajstić information content (AvgIpc) is 1.52. The predicted molar refractivity (Wildman–Crippen MR) is 639 cm³/mol. The second-order valence-corrected chi connectivity index (χ2v) is 56.5. The van der Waals surface area contributed by atoms with Gasteiger partial charge in [-0.1, -0.05) is 501 Å². The summed E-state index contributed by atoms with van der Waals surface area (Å²) in [6.45, 7) is 14.5. The summed E-state index contributed by atoms with van der Waals surface area (Å²) in [4.78, 5) is 29.1. The second-order valence-electron chi connectivity index (χ2n) is 39.1. The predicted octanol–water partition coefficient (Wildman–Crippen LogP) is 28.8. The van der Waals surface area contributed by atoms with Crippen molar-refractivity contribution < 1.29 is 4.74 Å². The summed E-state index contributed by atoms with van der Waals surface area (Å²) in [5.74, 6) is 1.81. The third-order valence-electron chi connectivity index (χ3n) is 28.4. The maximum atomic E-state index is 6.92. The number of fused-ring (bicyclic) bond motifs is 4. The first-order chi connectivity index (χ1) is 72.8. The number of aromatic nitrogens is 6. The molecule has 0 bridgehead atoms. The fourth-order valence-corrected chi connectivity index (χ4v) is 36.0. The molecule has 7 nitrogen and oxygen atoms in total. The summed E-state index contributed by atoms with van der Waals surface area (Å²) in [5.41, 5.74) is 26.8. The molecule has 25 rings (SSSR count). The maximum absolute atomic E-state index is 6.92. The van der Waals surface area contributed by atoms with E-state index < -0.39 is 51.0 Å². The zero-order valence-electron chi connectivity index (χ0n) is 83.7. The topological polar surface area (TPSA) is 86.6 Å². The third kappa shape index (κ3) is 19.9. The molecule has 15 aromatic carbocycles. The highest BCUT2D eigenvalue weighted by Crippen LogP contribution is 2.60. The Labute approximate surface area is 877 Å². The Bertz CT molecular complexity index is 8100. The summed E-state index contributed by atoms with van der Waals surface area (Å²) >= 11 is 0. The Morgan fingerprint density at radius 3 is 0.986 bits per heavy atom. The first kappa shape index (κ1) is 96.5. The molecule has 0 amide bonds. The van der Waals surface area contributed by atoms with Crippen LogP contribution in [-0.4, -0.2) is 65.1 Å². The van der Waals surface area contributed by atoms with Gasteiger partial charge in [-0.2, -0.15) is 0 Å². The zero-order chi connectivity index (χ0) is 100. The van der Waals surface area contributed by atoms with Crippen molar-refractivity contribution in [3.05, 3.63) is 606 Å². The Morgan fingerprint density at radius 2 is 0.608 bits per heavy atom. The Morgan fingerprint density at radius 1 is 0.284 bits per heavy atom. The van der Waals surface area contributed by atoms with E-state index >= 15 is 0 Å². The number of rotatable bonds is 21. The van der Waals surface area contributed by atoms with E-state index in [0.29, 0.717) is 0 Å². The van der Waals surface area contributed by atoms with Crippen molar-refractivity contribution >= 4 is 142 Å². The van der Waals surface area contributed by atoms with Crippen LogP contribution in [0, 0.1) is 6.92 Å². The molecule has 4 aliphatic rings. The number of hydrogen-bond donors (Lipinski definition) is 0. The molecule has 3 aliphatic heterocycles. The molecule has 0 saturated heterocycles. The minimum atomic E-state index is -2.43. The number of pyridine rings is 6. The average molecular weight is 2010 g/mol. The SMILES string of the molecule is C[Si]1(C)C(c2cccc(-c3ccccn3)n2)=C(c2ccccc2)C(c2ccccc2)=C1c1cccc(-c2ccccn2)n1.Cc1cccc(C2=CC3=C([SiH2]2)C2=C(C=C(c4cccc([Si](C)(C)C)c4)[SiH2]2)C3(c2ccccc2)c2ccccc2)c1.c1ccc(-c2ccnc3c2ccc2c(-c4ccccc4)ccnc23)cc1.c1ccc(P(c2ccccc2)c2ccccc2Oc2ccccc2P(c2ccccc2)c2ccccc2)cc1. The lowest BCUT2D eigenvalue weighted by Gasteiger charge is -2.35. The fraction of sp³-hybridized carbons (Fsp3) is 0.0519. The van der Waals surface area contributed by atoms with Crippen LogP contribution in [-0.2, 0) is 5.41 Å². The molecule has 21 aromatic rings. The van der Waals surface area contributed by atoms with Crippen LogP contribution < -0.4 is 41.8 Å². The first-order valence-corrected chi connectivity index (χ1v) is 62.8. The monoisotopic (exact) mass is 2000 g/mol. The molecular formula is C135H110N6OP2Si4. The van der Waals surface area contributed by atoms with Crippen LogP contribution in [0.1, 0.15) is 50.3 Å². The van der Waals surface area contributed by atoms with E-state index in [1.165, 1.54) is 115 Å². The van der Waals surface area contributed by atoms with Crippen molar-refractivity contribution in [3.8, 4) is 56.5 Å². The molecule has 0 N–H and O–H groups in total. The van der Waals surface area contributed by atoms with Gasteiger partial charge in [0.2, 0.25) is 0 Å². The van der Waals surface area contributed by atoms with Crippen molar-refractivity contribution in [2.75, 3.05) is 0 Å². The fourth-order valence-electron chi connectivity index (χ4n) is 21.6. The zero-order valence-corrected chi connectivity index (χ0v) is 90.3. The van der Waals surface area contributed by atoms with E-state index in [-0.39, 0.29) is 5.41 Å². The van der Waals surface area contributed by atoms with Crippen molar-refractivity contribution in [3.63, 3.8) is 0 Å². The molecule has 9 heterocycles. The third-order valence-corrected chi connectivity index (χ3v) is 43.7. The standard InChI is InChI=1S/C38H30N4Si.C37H36Si3.C36H28OP2.C24H16N2/c1-43(2)37(33-23-13-21-31(41-33)29-19-9-11-25-39-29)35(27-15-5-3-6-16-27)36(28-17-7-4-8-18-28)38(43)34-24-14-22-32(42-34)30-20-10-12-26-40-30;1-25-13-11-14-26(21-25)33-23-31-35(38-33)36-32(24-34(39-36)27-15-12-20-30(22-27)40(2,3)4)37(31,28-16-7-5-8-17-28)29-18-9-6-10-19-29;1-5-17-29(18-6-1)38(30-19-7-2-8-20-30)35-27-15-13-25-33(35)37-34-26-14-16-28-36(34)39(31-21-9-3-10-22-31)32-23-11-4-12-24-32;1-3-7-17(8-4-1)19-13-15-25-23-21(19)11-12-22-20(14-16-26-24(22)23)18-9-5-2-6-10-18/h3-26H,1-2H3;5-24H,38-39H2,1-4H3;1-28H;1-16H. The van der Waals surface area contributed by atoms with Crippen molar-refractivity contribution in [1.82, 2.24) is 29.9 Å². The van der Waals surface area contributed by atoms with Crippen molar-refractivity contribution in [2.24, 2.45) is 0 Å². The quantitative estimate of drug-likeness (QED) is 0.0402. The van der Waals surface area contributed by atoms with Gasteiger partial charge >= 0.3 is 0 Å². The lowest BCUT2D eigenvalue weighted by atomic mass is 9.66. The summed E-state index contributed by atoms with van der Waals surface area (Å²) in [7, 11) is -6.61. The van der Waals surface area contributed by atoms with Gasteiger partial charge < -0.3 is 4.74 Å². The van der Waals surface area contributed by atoms with E-state index in [0.717, 1.165) is 67.5 Å². The number of nitrogens with zero attached hydrogens (tertiary/aromatic N) is 6. The van der Waals surface area contributed by atoms with E-state index in [1.807, 2.05) is 85.5 Å². The number of aryl methyl sites for hydroxylation is 1. The molecule has 0 fully saturated rings. The van der Waals surface area contributed by atoms with E-state index in [4.69, 9.17) is 14.7 Å². The largest absolute Gasteiger partial charge is 0.456 e. The van der Waals surface area contributed by atoms with E-state index in [9.17, 15) is 0 Å². The molecule has 148 heavy (non-hydrogen) atoms. The lowest BCUT2D eigenvalue weighted by molar-refractivity contribution is 0.490. The molecule has 712 valence electrons. The van der Waals surface area contributed by atoms with Crippen LogP contribution in [0.5, 0.6) is 11.5 Å². The number of para-hydroxylation sites is 2. The van der Waals surface area contributed by atoms with Crippen LogP contribution in [0.25, 0.3) is 98.8 Å². The van der Waals surface area contributed by atoms with E-state index in [2.05, 4.69) is 509 Å². The summed E-state index contributed by atoms with van der Waals surface area (Å²) in [5, 5.41) is 20.7. The number of benzene rings is 15. The van der Waals surface area contributed by atoms with Gasteiger partial charge in [0.25, 0.3) is 0 Å². The second kappa shape index (κ2) is 43.5. The molecule has 0 unspecified atom stereocenters. The molecule has 0 atom stereocenters. The molecule has 0 spiro atoms. The Balaban J connectivity index is 0.000000113. The van der Waals surface area contributed by atoms with Gasteiger partial charge in [-0.05, 0) is 205 Å². The van der Waals surface area contributed by atoms with Crippen LogP contribution in [0.15, 0.2) is 556 Å². The van der Waals surface area contributed by atoms with Crippen LogP contribution in [0.4, 0.5) is 0 Å². The minimum Gasteiger partial charge on any atom is -0.456 e. The van der Waals surface area contributed by atoms with Gasteiger partial charge in [0.05, 0.1) is 77.7 Å². The highest BCUT2D eigenvalue weighted by Gasteiger charge is 2.52. The van der Waals surface area contributed by atoms with Crippen LogP contribution in [0.2, 0.25) is 32.7 Å². The summed E-state index contributed by atoms with van der Waals surface area (Å²) < 4.78 is 6.92. The number of ether oxygens (including phenoxy) is 1. The first-order valence-electron chi connectivity index (χ1n) is 50.8. The molecule has 13 heteroatoms. The molecule has 0 radical (unpaired) electrons. The van der Waals surface area contributed by atoms with Crippen LogP contribution >= 0.6 is 15.8 Å². The van der Waals surface area contributed by atoms with Gasteiger partial charge in [0.1, 0.15) is 19.6 Å². The summed E-state index contributed by atoms with van der Waals surface area (Å²) in [6.07, 6.45) is 12.6. The lowest BCUT2D eigenvalue weighted by Crippen LogP contribution is -2.37. The van der Waals surface area contributed by atoms with Crippen molar-refractivity contribution in [2.45, 2.75) is 45.1 Å². The Hall–Kier alpha value is -16.3. The normalized spacial score (nSPS) is 14.1. The van der Waals surface area contributed by atoms with E-state index in [1.54, 1.807) is 37.1 Å². The molecular weight excluding hydrogens is 1900 g/mol. The molecule has 1 aliphatic carbocycles. The molecule has 6 aromatic heterocycles. The van der Waals surface area contributed by atoms with Gasteiger partial charge in [-0.25, -0.2) is 9.97 Å². The smallest absolute Gasteiger partial charge is 0.135 e. The van der Waals surface area contributed by atoms with Crippen LogP contribution in [0.3, 0.4) is 0 Å². The number of hydrogen-bond acceptors (Lipinski definition) is 7.